The lowest BCUT2D eigenvalue weighted by molar-refractivity contribution is -0.521. The zero-order chi connectivity index (χ0) is 21.4. The van der Waals surface area contributed by atoms with Crippen LogP contribution in [0.5, 0.6) is 5.75 Å². The Labute approximate surface area is 178 Å². The zero-order valence-electron chi connectivity index (χ0n) is 16.8. The molecule has 0 aromatic heterocycles. The van der Waals surface area contributed by atoms with Crippen molar-refractivity contribution in [2.75, 3.05) is 25.6 Å². The molecule has 1 fully saturated rings. The van der Waals surface area contributed by atoms with Crippen LogP contribution in [0, 0.1) is 0 Å². The summed E-state index contributed by atoms with van der Waals surface area (Å²) >= 11 is 1.01. The molecule has 2 aromatic rings. The third kappa shape index (κ3) is 3.61. The Hall–Kier alpha value is -3.04. The fourth-order valence-corrected chi connectivity index (χ4v) is 4.63. The number of carbonyl (C=O) groups excluding carboxylic acids is 3. The van der Waals surface area contributed by atoms with Crippen molar-refractivity contribution in [1.29, 1.82) is 0 Å². The maximum atomic E-state index is 12.6. The van der Waals surface area contributed by atoms with Gasteiger partial charge in [0.1, 0.15) is 23.8 Å². The third-order valence-electron chi connectivity index (χ3n) is 5.48. The number of amides is 3. The summed E-state index contributed by atoms with van der Waals surface area (Å²) < 4.78 is 5.95. The van der Waals surface area contributed by atoms with Crippen molar-refractivity contribution in [3.63, 3.8) is 0 Å². The van der Waals surface area contributed by atoms with Crippen molar-refractivity contribution in [2.24, 2.45) is 0 Å². The molecule has 156 valence electrons. The number of nitrogens with zero attached hydrogens (tertiary/aromatic N) is 3. The van der Waals surface area contributed by atoms with Gasteiger partial charge in [-0.2, -0.15) is 0 Å². The van der Waals surface area contributed by atoms with E-state index in [0.717, 1.165) is 28.0 Å². The van der Waals surface area contributed by atoms with Gasteiger partial charge in [-0.1, -0.05) is 24.3 Å². The molecule has 2 aromatic carbocycles. The van der Waals surface area contributed by atoms with E-state index in [1.807, 2.05) is 60.5 Å². The second-order valence-corrected chi connectivity index (χ2v) is 8.48. The van der Waals surface area contributed by atoms with Crippen LogP contribution in [-0.2, 0) is 11.2 Å². The predicted octanol–water partition coefficient (Wildman–Crippen LogP) is 1.38. The van der Waals surface area contributed by atoms with E-state index in [1.165, 1.54) is 0 Å². The van der Waals surface area contributed by atoms with Crippen molar-refractivity contribution in [3.05, 3.63) is 59.7 Å². The Morgan fingerprint density at radius 3 is 2.37 bits per heavy atom. The first kappa shape index (κ1) is 20.2. The summed E-state index contributed by atoms with van der Waals surface area (Å²) in [6.07, 6.45) is 0.231. The molecule has 2 heterocycles. The van der Waals surface area contributed by atoms with E-state index in [4.69, 9.17) is 4.74 Å². The van der Waals surface area contributed by atoms with E-state index in [2.05, 4.69) is 5.84 Å². The summed E-state index contributed by atoms with van der Waals surface area (Å²) in [5.41, 5.74) is 2.51. The molecule has 9 heteroatoms. The van der Waals surface area contributed by atoms with E-state index >= 15 is 0 Å². The quantitative estimate of drug-likeness (QED) is 0.774. The second-order valence-electron chi connectivity index (χ2n) is 7.32. The number of para-hydroxylation sites is 1. The minimum atomic E-state index is -0.433. The van der Waals surface area contributed by atoms with Gasteiger partial charge in [-0.25, -0.2) is 5.84 Å². The number of carbonyl (C=O) groups is 3. The highest BCUT2D eigenvalue weighted by molar-refractivity contribution is 8.15. The van der Waals surface area contributed by atoms with Crippen molar-refractivity contribution < 1.29 is 25.0 Å². The number of rotatable bonds is 5. The van der Waals surface area contributed by atoms with Gasteiger partial charge < -0.3 is 14.5 Å². The van der Waals surface area contributed by atoms with Crippen LogP contribution in [0.1, 0.15) is 15.9 Å². The van der Waals surface area contributed by atoms with Gasteiger partial charge in [0.2, 0.25) is 0 Å². The van der Waals surface area contributed by atoms with Gasteiger partial charge in [0.15, 0.2) is 0 Å². The lowest BCUT2D eigenvalue weighted by Crippen LogP contribution is -2.69. The molecule has 8 nitrogen and oxygen atoms in total. The van der Waals surface area contributed by atoms with E-state index in [9.17, 15) is 14.4 Å². The number of benzene rings is 2. The summed E-state index contributed by atoms with van der Waals surface area (Å²) in [5.74, 6) is 3.85. The molecule has 2 aliphatic heterocycles. The first-order chi connectivity index (χ1) is 14.4. The molecule has 2 unspecified atom stereocenters. The molecular formula is C21H23N4O4S+. The van der Waals surface area contributed by atoms with Crippen LogP contribution in [0.15, 0.2) is 48.5 Å². The summed E-state index contributed by atoms with van der Waals surface area (Å²) in [4.78, 5) is 39.9. The number of imide groups is 1. The van der Waals surface area contributed by atoms with E-state index in [-0.39, 0.29) is 23.2 Å². The number of ether oxygens (including phenoxy) is 1. The number of hydrogen-bond donors (Lipinski definition) is 1. The summed E-state index contributed by atoms with van der Waals surface area (Å²) in [5, 5.41) is 0.169. The standard InChI is InChI=1S/C21H22N4O4S/c1-23-16-6-4-3-5-15(16)19(26)24(2)18(23)12-29-14-9-7-13(8-10-14)11-17-20(27)25(22)21(28)30-17/h3-10,17-18H,11-12,22H2,1-2H3/p+1. The highest BCUT2D eigenvalue weighted by Crippen LogP contribution is 2.30. The Morgan fingerprint density at radius 1 is 1.00 bits per heavy atom. The van der Waals surface area contributed by atoms with Gasteiger partial charge >= 0.3 is 5.24 Å². The van der Waals surface area contributed by atoms with Gasteiger partial charge in [0.25, 0.3) is 11.8 Å². The lowest BCUT2D eigenvalue weighted by atomic mass is 10.1. The van der Waals surface area contributed by atoms with Crippen molar-refractivity contribution >= 4 is 34.5 Å². The Bertz CT molecular complexity index is 997. The first-order valence-electron chi connectivity index (χ1n) is 9.52. The largest absolute Gasteiger partial charge is 0.489 e. The molecule has 4 rings (SSSR count). The minimum Gasteiger partial charge on any atom is -0.489 e. The van der Waals surface area contributed by atoms with Gasteiger partial charge in [-0.3, -0.25) is 14.4 Å². The number of fused-ring (bicyclic) bond motifs is 1. The molecule has 0 spiro atoms. The average Bonchev–Trinajstić information content (AvgIpc) is 2.99. The Balaban J connectivity index is 1.39. The summed E-state index contributed by atoms with van der Waals surface area (Å²) in [6.45, 7) is 0.314. The van der Waals surface area contributed by atoms with Crippen molar-refractivity contribution in [2.45, 2.75) is 17.8 Å². The molecule has 30 heavy (non-hydrogen) atoms. The molecule has 3 amide bonds. The smallest absolute Gasteiger partial charge is 0.334 e. The Kier molecular flexibility index (Phi) is 5.40. The molecule has 1 saturated heterocycles. The molecule has 0 radical (unpaired) electrons. The molecule has 0 bridgehead atoms. The lowest BCUT2D eigenvalue weighted by Gasteiger charge is -2.41. The average molecular weight is 428 g/mol. The van der Waals surface area contributed by atoms with Gasteiger partial charge in [-0.15, -0.1) is 5.01 Å². The van der Waals surface area contributed by atoms with Crippen molar-refractivity contribution in [3.8, 4) is 5.75 Å². The monoisotopic (exact) mass is 427 g/mol. The van der Waals surface area contributed by atoms with Crippen LogP contribution in [0.3, 0.4) is 0 Å². The van der Waals surface area contributed by atoms with E-state index in [0.29, 0.717) is 24.3 Å². The first-order valence-corrected chi connectivity index (χ1v) is 10.4. The topological polar surface area (TPSA) is 97.8 Å². The number of anilines is 1. The molecular weight excluding hydrogens is 404 g/mol. The second kappa shape index (κ2) is 8.00. The van der Waals surface area contributed by atoms with E-state index < -0.39 is 5.25 Å². The zero-order valence-corrected chi connectivity index (χ0v) is 17.6. The highest BCUT2D eigenvalue weighted by atomic mass is 32.2. The molecule has 0 saturated carbocycles. The fourth-order valence-electron chi connectivity index (χ4n) is 3.67. The maximum Gasteiger partial charge on any atom is 0.334 e. The van der Waals surface area contributed by atoms with Crippen LogP contribution in [-0.4, -0.2) is 59.1 Å². The summed E-state index contributed by atoms with van der Waals surface area (Å²) in [6, 6.07) is 15.0. The SMILES string of the molecule is CN1C(=O)c2ccccc2N(C)C1COc1ccc(CC2SC(=O)N([NH3+])C2=O)cc1. The van der Waals surface area contributed by atoms with Crippen LogP contribution >= 0.6 is 11.8 Å². The van der Waals surface area contributed by atoms with Crippen LogP contribution in [0.25, 0.3) is 0 Å². The van der Waals surface area contributed by atoms with Gasteiger partial charge in [-0.05, 0) is 48.0 Å². The third-order valence-corrected chi connectivity index (χ3v) is 6.55. The van der Waals surface area contributed by atoms with Crippen LogP contribution < -0.4 is 15.5 Å². The molecule has 2 atom stereocenters. The van der Waals surface area contributed by atoms with Gasteiger partial charge in [0.05, 0.1) is 11.3 Å². The van der Waals surface area contributed by atoms with Crippen LogP contribution in [0.4, 0.5) is 10.5 Å². The number of hydrogen-bond acceptors (Lipinski definition) is 6. The maximum absolute atomic E-state index is 12.6. The van der Waals surface area contributed by atoms with Crippen molar-refractivity contribution in [1.82, 2.24) is 9.91 Å². The Morgan fingerprint density at radius 2 is 1.70 bits per heavy atom. The minimum absolute atomic E-state index is 0.0274. The number of likely N-dealkylation sites (N-methyl/N-ethyl adjacent to an activating group) is 2. The van der Waals surface area contributed by atoms with Crippen LogP contribution in [0.2, 0.25) is 0 Å². The predicted molar refractivity (Wildman–Crippen MR) is 113 cm³/mol. The highest BCUT2D eigenvalue weighted by Gasteiger charge is 2.40. The number of quaternary nitrogens is 1. The number of thioether (sulfide) groups is 1. The normalized spacial score (nSPS) is 21.3. The summed E-state index contributed by atoms with van der Waals surface area (Å²) in [7, 11) is 3.72. The van der Waals surface area contributed by atoms with E-state index in [1.54, 1.807) is 11.9 Å². The van der Waals surface area contributed by atoms with Gasteiger partial charge in [0, 0.05) is 14.1 Å². The molecule has 2 aliphatic rings. The fraction of sp³-hybridized carbons (Fsp3) is 0.286. The molecule has 3 N–H and O–H groups in total. The molecule has 0 aliphatic carbocycles.